The second-order valence-electron chi connectivity index (χ2n) is 5.27. The Labute approximate surface area is 126 Å². The van der Waals surface area contributed by atoms with Crippen molar-refractivity contribution >= 4 is 30.6 Å². The monoisotopic (exact) mass is 296 g/mol. The summed E-state index contributed by atoms with van der Waals surface area (Å²) in [4.78, 5) is 11.3. The van der Waals surface area contributed by atoms with E-state index in [1.807, 2.05) is 30.4 Å². The van der Waals surface area contributed by atoms with Gasteiger partial charge in [-0.3, -0.25) is 5.48 Å². The summed E-state index contributed by atoms with van der Waals surface area (Å²) in [5, 5.41) is 9.56. The minimum atomic E-state index is -0.942. The average Bonchev–Trinajstić information content (AvgIpc) is 3.24. The summed E-state index contributed by atoms with van der Waals surface area (Å²) in [5.74, 6) is 0. The summed E-state index contributed by atoms with van der Waals surface area (Å²) in [7, 11) is 0. The summed E-state index contributed by atoms with van der Waals surface area (Å²) < 4.78 is 4.21. The summed E-state index contributed by atoms with van der Waals surface area (Å²) in [6, 6.07) is 8.42. The molecule has 0 radical (unpaired) electrons. The smallest absolute Gasteiger partial charge is 0.230 e. The normalized spacial score (nSPS) is 27.6. The third-order valence-corrected chi connectivity index (χ3v) is 4.89. The maximum absolute atomic E-state index is 9.56. The van der Waals surface area contributed by atoms with Crippen LogP contribution in [0.4, 0.5) is 0 Å². The summed E-state index contributed by atoms with van der Waals surface area (Å²) >= 11 is 1.44. The minimum absolute atomic E-state index is 0.570. The molecule has 1 aliphatic carbocycles. The van der Waals surface area contributed by atoms with Crippen molar-refractivity contribution < 1.29 is 4.84 Å². The zero-order valence-corrected chi connectivity index (χ0v) is 11.9. The first kappa shape index (κ1) is 12.6. The van der Waals surface area contributed by atoms with Crippen molar-refractivity contribution in [3.8, 4) is 6.07 Å². The van der Waals surface area contributed by atoms with Crippen LogP contribution in [0.15, 0.2) is 38.6 Å². The molecule has 1 aromatic rings. The molecule has 1 aromatic carbocycles. The van der Waals surface area contributed by atoms with Gasteiger partial charge >= 0.3 is 0 Å². The fraction of sp³-hybridized carbons (Fsp3) is 0.267. The number of nitrogens with one attached hydrogen (secondary N) is 1. The van der Waals surface area contributed by atoms with Crippen molar-refractivity contribution in [2.45, 2.75) is 23.5 Å². The Morgan fingerprint density at radius 3 is 3.00 bits per heavy atom. The van der Waals surface area contributed by atoms with Gasteiger partial charge in [-0.15, -0.1) is 0 Å². The Hall–Kier alpha value is -2.10. The van der Waals surface area contributed by atoms with Crippen LogP contribution in [0, 0.1) is 16.7 Å². The molecule has 1 saturated carbocycles. The van der Waals surface area contributed by atoms with E-state index in [2.05, 4.69) is 20.9 Å². The van der Waals surface area contributed by atoms with E-state index in [1.165, 1.54) is 18.3 Å². The predicted molar refractivity (Wildman–Crippen MR) is 81.5 cm³/mol. The van der Waals surface area contributed by atoms with Gasteiger partial charge in [0, 0.05) is 28.6 Å². The van der Waals surface area contributed by atoms with Gasteiger partial charge in [-0.25, -0.2) is 14.2 Å². The number of rotatable bonds is 2. The number of fused-ring (bicyclic) bond motifs is 1. The number of nitrogens with zero attached hydrogens (tertiary/aromatic N) is 3. The van der Waals surface area contributed by atoms with E-state index in [4.69, 9.17) is 4.84 Å². The van der Waals surface area contributed by atoms with Gasteiger partial charge in [0.05, 0.1) is 6.07 Å². The van der Waals surface area contributed by atoms with Crippen LogP contribution < -0.4 is 5.48 Å². The van der Waals surface area contributed by atoms with Crippen LogP contribution in [-0.2, 0) is 10.6 Å². The molecular weight excluding hydrogens is 284 g/mol. The van der Waals surface area contributed by atoms with E-state index >= 15 is 0 Å². The van der Waals surface area contributed by atoms with Crippen LogP contribution in [0.2, 0.25) is 0 Å². The third kappa shape index (κ3) is 1.75. The molecule has 5 nitrogen and oxygen atoms in total. The first-order chi connectivity index (χ1) is 10.3. The topological polar surface area (TPSA) is 69.8 Å². The second-order valence-corrected chi connectivity index (χ2v) is 6.11. The molecule has 4 rings (SSSR count). The fourth-order valence-electron chi connectivity index (χ4n) is 2.78. The van der Waals surface area contributed by atoms with E-state index < -0.39 is 11.1 Å². The lowest BCUT2D eigenvalue weighted by Gasteiger charge is -2.29. The van der Waals surface area contributed by atoms with Crippen LogP contribution in [0.1, 0.15) is 24.0 Å². The first-order valence-corrected chi connectivity index (χ1v) is 7.47. The Morgan fingerprint density at radius 2 is 2.29 bits per heavy atom. The number of allylic oxidation sites excluding steroid dienone is 1. The van der Waals surface area contributed by atoms with Gasteiger partial charge in [-0.05, 0) is 36.6 Å². The number of hydrogen-bond acceptors (Lipinski definition) is 6. The van der Waals surface area contributed by atoms with Crippen LogP contribution in [0.5, 0.6) is 0 Å². The van der Waals surface area contributed by atoms with Crippen LogP contribution in [-0.4, -0.2) is 12.6 Å². The van der Waals surface area contributed by atoms with Crippen LogP contribution in [0.3, 0.4) is 0 Å². The quantitative estimate of drug-likeness (QED) is 0.852. The number of hydroxylamine groups is 1. The van der Waals surface area contributed by atoms with Crippen molar-refractivity contribution in [2.24, 2.45) is 14.8 Å². The van der Waals surface area contributed by atoms with Crippen LogP contribution >= 0.6 is 11.9 Å². The molecule has 0 aromatic heterocycles. The highest BCUT2D eigenvalue weighted by molar-refractivity contribution is 7.98. The van der Waals surface area contributed by atoms with E-state index in [1.54, 1.807) is 6.21 Å². The molecule has 1 N–H and O–H groups in total. The van der Waals surface area contributed by atoms with Crippen molar-refractivity contribution in [1.82, 2.24) is 5.48 Å². The van der Waals surface area contributed by atoms with Gasteiger partial charge in [-0.2, -0.15) is 5.26 Å². The van der Waals surface area contributed by atoms with E-state index in [0.717, 1.165) is 28.9 Å². The van der Waals surface area contributed by atoms with Crippen molar-refractivity contribution in [3.05, 3.63) is 35.4 Å². The number of nitriles is 1. The van der Waals surface area contributed by atoms with Gasteiger partial charge in [0.15, 0.2) is 0 Å². The molecule has 0 spiro atoms. The molecule has 0 amide bonds. The molecule has 104 valence electrons. The van der Waals surface area contributed by atoms with Gasteiger partial charge in [0.1, 0.15) is 11.8 Å². The van der Waals surface area contributed by atoms with Gasteiger partial charge < -0.3 is 0 Å². The highest BCUT2D eigenvalue weighted by atomic mass is 32.2. The molecule has 2 heterocycles. The standard InChI is InChI=1S/C15H12N4OS/c16-9-14(5-6-14)15(17-10-18-20-15)12-3-4-13-11(8-12)2-1-7-19-21-13/h1-4,7-8,10H,5-6H2,(H,17,18). The molecule has 3 aliphatic rings. The SMILES string of the molecule is N#CC1(C2(c3ccc4c(c3)C=CC=NS4)N=CNO2)CC1. The summed E-state index contributed by atoms with van der Waals surface area (Å²) in [6.07, 6.45) is 8.80. The van der Waals surface area contributed by atoms with Crippen LogP contribution in [0.25, 0.3) is 6.08 Å². The predicted octanol–water partition coefficient (Wildman–Crippen LogP) is 2.81. The summed E-state index contributed by atoms with van der Waals surface area (Å²) in [6.45, 7) is 0. The Balaban J connectivity index is 1.84. The lowest BCUT2D eigenvalue weighted by molar-refractivity contribution is -0.0942. The van der Waals surface area contributed by atoms with Gasteiger partial charge in [0.2, 0.25) is 5.72 Å². The van der Waals surface area contributed by atoms with Crippen molar-refractivity contribution in [1.29, 1.82) is 5.26 Å². The highest BCUT2D eigenvalue weighted by Gasteiger charge is 2.64. The van der Waals surface area contributed by atoms with Crippen molar-refractivity contribution in [3.63, 3.8) is 0 Å². The second kappa shape index (κ2) is 4.45. The Kier molecular flexibility index (Phi) is 2.67. The fourth-order valence-corrected chi connectivity index (χ4v) is 3.39. The lowest BCUT2D eigenvalue weighted by atomic mass is 9.86. The zero-order chi connectivity index (χ0) is 14.3. The van der Waals surface area contributed by atoms with Gasteiger partial charge in [-0.1, -0.05) is 12.1 Å². The third-order valence-electron chi connectivity index (χ3n) is 4.09. The number of hydrogen-bond donors (Lipinski definition) is 1. The van der Waals surface area contributed by atoms with Gasteiger partial charge in [0.25, 0.3) is 0 Å². The molecule has 1 atom stereocenters. The molecule has 0 bridgehead atoms. The number of benzene rings is 1. The minimum Gasteiger partial charge on any atom is -0.253 e. The lowest BCUT2D eigenvalue weighted by Crippen LogP contribution is -2.36. The molecule has 1 fully saturated rings. The van der Waals surface area contributed by atoms with E-state index in [0.29, 0.717) is 0 Å². The van der Waals surface area contributed by atoms with E-state index in [-0.39, 0.29) is 0 Å². The maximum atomic E-state index is 9.56. The Bertz CT molecular complexity index is 730. The zero-order valence-electron chi connectivity index (χ0n) is 11.1. The molecule has 2 aliphatic heterocycles. The average molecular weight is 296 g/mol. The molecule has 6 heteroatoms. The van der Waals surface area contributed by atoms with Crippen molar-refractivity contribution in [2.75, 3.05) is 0 Å². The highest BCUT2D eigenvalue weighted by Crippen LogP contribution is 2.61. The number of aliphatic imine (C=N–C) groups is 1. The summed E-state index contributed by atoms with van der Waals surface area (Å²) in [5.41, 5.74) is 3.14. The first-order valence-electron chi connectivity index (χ1n) is 6.70. The molecule has 21 heavy (non-hydrogen) atoms. The largest absolute Gasteiger partial charge is 0.253 e. The van der Waals surface area contributed by atoms with E-state index in [9.17, 15) is 5.26 Å². The molecular formula is C15H12N4OS. The maximum Gasteiger partial charge on any atom is 0.230 e. The molecule has 0 saturated heterocycles. The Morgan fingerprint density at radius 1 is 1.38 bits per heavy atom. The molecule has 1 unspecified atom stereocenters.